The van der Waals surface area contributed by atoms with Crippen LogP contribution in [0.2, 0.25) is 5.02 Å². The number of morpholine rings is 1. The van der Waals surface area contributed by atoms with Crippen molar-refractivity contribution < 1.29 is 18.8 Å². The van der Waals surface area contributed by atoms with Gasteiger partial charge in [0.25, 0.3) is 11.6 Å². The predicted molar refractivity (Wildman–Crippen MR) is 116 cm³/mol. The Balaban J connectivity index is 1.48. The number of halogens is 1. The first kappa shape index (κ1) is 21.5. The molecular weight excluding hydrogens is 442 g/mol. The van der Waals surface area contributed by atoms with Crippen LogP contribution >= 0.6 is 11.6 Å². The molecule has 1 fully saturated rings. The zero-order chi connectivity index (χ0) is 22.5. The number of furan rings is 1. The summed E-state index contributed by atoms with van der Waals surface area (Å²) in [7, 11) is 1.47. The first-order valence-electron chi connectivity index (χ1n) is 9.49. The first-order chi connectivity index (χ1) is 15.5. The molecule has 13 heteroatoms. The molecule has 0 atom stereocenters. The number of nitrogens with one attached hydrogen (secondary N) is 1. The van der Waals surface area contributed by atoms with Gasteiger partial charge in [-0.15, -0.1) is 0 Å². The molecule has 1 aliphatic rings. The Morgan fingerprint density at radius 2 is 2.06 bits per heavy atom. The predicted octanol–water partition coefficient (Wildman–Crippen LogP) is 2.98. The van der Waals surface area contributed by atoms with Gasteiger partial charge in [0.05, 0.1) is 31.5 Å². The lowest BCUT2D eigenvalue weighted by molar-refractivity contribution is -0.384. The van der Waals surface area contributed by atoms with Crippen LogP contribution in [0, 0.1) is 10.1 Å². The quantitative estimate of drug-likeness (QED) is 0.318. The summed E-state index contributed by atoms with van der Waals surface area (Å²) in [5, 5.41) is 15.2. The number of nitrogens with zero attached hydrogens (tertiary/aromatic N) is 6. The third kappa shape index (κ3) is 4.92. The van der Waals surface area contributed by atoms with Crippen molar-refractivity contribution in [2.45, 2.75) is 0 Å². The molecule has 1 aromatic carbocycles. The standard InChI is InChI=1S/C19H18ClN7O5/c1-30-19-23-17(22-18(24-19)26-6-8-31-9-7-26)25-21-11-13-3-5-16(32-13)12-2-4-14(20)15(10-12)27(28)29/h2-5,10-11H,6-9H2,1H3,(H,22,23,24,25)/b21-11-. The van der Waals surface area contributed by atoms with Crippen LogP contribution in [0.3, 0.4) is 0 Å². The number of hydrogen-bond donors (Lipinski definition) is 1. The number of benzene rings is 1. The lowest BCUT2D eigenvalue weighted by Gasteiger charge is -2.26. The van der Waals surface area contributed by atoms with E-state index in [0.717, 1.165) is 0 Å². The Morgan fingerprint density at radius 1 is 1.25 bits per heavy atom. The maximum absolute atomic E-state index is 11.1. The van der Waals surface area contributed by atoms with E-state index in [1.54, 1.807) is 18.2 Å². The SMILES string of the molecule is COc1nc(N/N=C\c2ccc(-c3ccc(Cl)c([N+](=O)[O-])c3)o2)nc(N2CCOCC2)n1. The maximum Gasteiger partial charge on any atom is 0.322 e. The van der Waals surface area contributed by atoms with E-state index in [1.165, 1.54) is 25.5 Å². The average Bonchev–Trinajstić information content (AvgIpc) is 3.28. The van der Waals surface area contributed by atoms with Gasteiger partial charge in [-0.1, -0.05) is 11.6 Å². The highest BCUT2D eigenvalue weighted by molar-refractivity contribution is 6.32. The maximum atomic E-state index is 11.1. The van der Waals surface area contributed by atoms with Crippen molar-refractivity contribution in [2.24, 2.45) is 5.10 Å². The normalized spacial score (nSPS) is 14.0. The monoisotopic (exact) mass is 459 g/mol. The molecule has 4 rings (SSSR count). The second-order valence-corrected chi connectivity index (χ2v) is 6.95. The van der Waals surface area contributed by atoms with Gasteiger partial charge in [-0.3, -0.25) is 10.1 Å². The molecule has 1 aliphatic heterocycles. The Hall–Kier alpha value is -3.77. The van der Waals surface area contributed by atoms with Crippen LogP contribution in [0.25, 0.3) is 11.3 Å². The zero-order valence-electron chi connectivity index (χ0n) is 16.9. The zero-order valence-corrected chi connectivity index (χ0v) is 17.7. The first-order valence-corrected chi connectivity index (χ1v) is 9.87. The van der Waals surface area contributed by atoms with Crippen molar-refractivity contribution in [3.63, 3.8) is 0 Å². The van der Waals surface area contributed by atoms with E-state index in [-0.39, 0.29) is 22.7 Å². The molecule has 32 heavy (non-hydrogen) atoms. The second-order valence-electron chi connectivity index (χ2n) is 6.54. The molecule has 0 unspecified atom stereocenters. The van der Waals surface area contributed by atoms with Gasteiger partial charge in [0.2, 0.25) is 5.95 Å². The fourth-order valence-corrected chi connectivity index (χ4v) is 3.12. The lowest BCUT2D eigenvalue weighted by atomic mass is 10.1. The van der Waals surface area contributed by atoms with Gasteiger partial charge in [-0.2, -0.15) is 20.1 Å². The number of aromatic nitrogens is 3. The number of nitro groups is 1. The summed E-state index contributed by atoms with van der Waals surface area (Å²) in [6.07, 6.45) is 1.43. The topological polar surface area (TPSA) is 141 Å². The van der Waals surface area contributed by atoms with Gasteiger partial charge in [0.15, 0.2) is 0 Å². The summed E-state index contributed by atoms with van der Waals surface area (Å²) in [4.78, 5) is 25.3. The van der Waals surface area contributed by atoms with E-state index in [9.17, 15) is 10.1 Å². The number of anilines is 2. The van der Waals surface area contributed by atoms with Gasteiger partial charge in [-0.25, -0.2) is 5.43 Å². The number of nitro benzene ring substituents is 1. The third-order valence-electron chi connectivity index (χ3n) is 4.49. The minimum absolute atomic E-state index is 0.0560. The molecule has 12 nitrogen and oxygen atoms in total. The van der Waals surface area contributed by atoms with Gasteiger partial charge in [0, 0.05) is 24.7 Å². The molecule has 1 N–H and O–H groups in total. The van der Waals surface area contributed by atoms with Crippen molar-refractivity contribution in [1.29, 1.82) is 0 Å². The van der Waals surface area contributed by atoms with E-state index in [2.05, 4.69) is 25.5 Å². The molecule has 0 aliphatic carbocycles. The van der Waals surface area contributed by atoms with E-state index >= 15 is 0 Å². The highest BCUT2D eigenvalue weighted by Crippen LogP contribution is 2.31. The van der Waals surface area contributed by atoms with Crippen LogP contribution in [0.5, 0.6) is 6.01 Å². The van der Waals surface area contributed by atoms with E-state index in [1.807, 2.05) is 4.90 Å². The van der Waals surface area contributed by atoms with E-state index in [0.29, 0.717) is 49.3 Å². The molecule has 0 bridgehead atoms. The van der Waals surface area contributed by atoms with Crippen LogP contribution in [0.4, 0.5) is 17.6 Å². The smallest absolute Gasteiger partial charge is 0.322 e. The van der Waals surface area contributed by atoms with Crippen LogP contribution in [-0.4, -0.2) is 59.5 Å². The van der Waals surface area contributed by atoms with Crippen LogP contribution in [-0.2, 0) is 4.74 Å². The largest absolute Gasteiger partial charge is 0.467 e. The average molecular weight is 460 g/mol. The molecule has 3 aromatic rings. The summed E-state index contributed by atoms with van der Waals surface area (Å²) < 4.78 is 16.2. The number of hydrazone groups is 1. The Bertz CT molecular complexity index is 1150. The molecule has 2 aromatic heterocycles. The van der Waals surface area contributed by atoms with Crippen molar-refractivity contribution in [2.75, 3.05) is 43.7 Å². The molecule has 3 heterocycles. The molecule has 0 amide bonds. The Morgan fingerprint density at radius 3 is 2.81 bits per heavy atom. The van der Waals surface area contributed by atoms with Crippen molar-refractivity contribution in [3.8, 4) is 17.3 Å². The minimum Gasteiger partial charge on any atom is -0.467 e. The van der Waals surface area contributed by atoms with Crippen molar-refractivity contribution >= 4 is 35.4 Å². The minimum atomic E-state index is -0.546. The molecule has 166 valence electrons. The molecule has 0 radical (unpaired) electrons. The molecular formula is C19H18ClN7O5. The molecule has 1 saturated heterocycles. The summed E-state index contributed by atoms with van der Waals surface area (Å²) in [6.45, 7) is 2.50. The van der Waals surface area contributed by atoms with Crippen molar-refractivity contribution in [1.82, 2.24) is 15.0 Å². The highest BCUT2D eigenvalue weighted by Gasteiger charge is 2.17. The van der Waals surface area contributed by atoms with Gasteiger partial charge in [0.1, 0.15) is 16.5 Å². The lowest BCUT2D eigenvalue weighted by Crippen LogP contribution is -2.37. The van der Waals surface area contributed by atoms with Gasteiger partial charge >= 0.3 is 6.01 Å². The van der Waals surface area contributed by atoms with Gasteiger partial charge < -0.3 is 18.8 Å². The number of ether oxygens (including phenoxy) is 2. The summed E-state index contributed by atoms with van der Waals surface area (Å²) in [5.41, 5.74) is 3.05. The third-order valence-corrected chi connectivity index (χ3v) is 4.81. The van der Waals surface area contributed by atoms with E-state index < -0.39 is 4.92 Å². The van der Waals surface area contributed by atoms with Crippen LogP contribution in [0.1, 0.15) is 5.76 Å². The highest BCUT2D eigenvalue weighted by atomic mass is 35.5. The van der Waals surface area contributed by atoms with Gasteiger partial charge in [-0.05, 0) is 24.3 Å². The summed E-state index contributed by atoms with van der Waals surface area (Å²) in [5.74, 6) is 1.51. The number of methoxy groups -OCH3 is 1. The fraction of sp³-hybridized carbons (Fsp3) is 0.263. The molecule has 0 spiro atoms. The Kier molecular flexibility index (Phi) is 6.42. The van der Waals surface area contributed by atoms with Crippen LogP contribution in [0.15, 0.2) is 39.9 Å². The second kappa shape index (κ2) is 9.58. The molecule has 0 saturated carbocycles. The van der Waals surface area contributed by atoms with Crippen molar-refractivity contribution in [3.05, 3.63) is 51.2 Å². The van der Waals surface area contributed by atoms with E-state index in [4.69, 9.17) is 25.5 Å². The summed E-state index contributed by atoms with van der Waals surface area (Å²) >= 11 is 5.86. The fourth-order valence-electron chi connectivity index (χ4n) is 2.93. The van der Waals surface area contributed by atoms with Crippen LogP contribution < -0.4 is 15.1 Å². The number of hydrogen-bond acceptors (Lipinski definition) is 11. The number of rotatable bonds is 7. The summed E-state index contributed by atoms with van der Waals surface area (Å²) in [6, 6.07) is 7.95. The Labute approximate surface area is 187 Å².